The molecule has 7 rings (SSSR count). The first kappa shape index (κ1) is 43.3. The number of rotatable bonds is 8. The maximum absolute atomic E-state index is 12.2. The molecule has 0 amide bonds. The zero-order chi connectivity index (χ0) is 41.0. The van der Waals surface area contributed by atoms with Crippen LogP contribution >= 0.6 is 0 Å². The van der Waals surface area contributed by atoms with Crippen LogP contribution in [-0.4, -0.2) is 151 Å². The van der Waals surface area contributed by atoms with Crippen molar-refractivity contribution in [1.29, 1.82) is 0 Å². The van der Waals surface area contributed by atoms with Gasteiger partial charge in [0.25, 0.3) is 0 Å². The summed E-state index contributed by atoms with van der Waals surface area (Å²) in [6.07, 6.45) is -5.30. The number of allylic oxidation sites excluding steroid dienone is 2. The molecule has 14 heteroatoms. The molecule has 10 N–H and O–H groups in total. The van der Waals surface area contributed by atoms with Crippen LogP contribution < -0.4 is 0 Å². The number of fused-ring (bicyclic) bond motifs is 7. The van der Waals surface area contributed by atoms with Crippen molar-refractivity contribution < 1.29 is 70.0 Å². The minimum atomic E-state index is -1.55. The molecule has 322 valence electrons. The summed E-state index contributed by atoms with van der Waals surface area (Å²) in [5.74, 6) is 0.362. The summed E-state index contributed by atoms with van der Waals surface area (Å²) in [5, 5.41) is 106. The van der Waals surface area contributed by atoms with Crippen molar-refractivity contribution in [2.24, 2.45) is 50.2 Å². The predicted octanol–water partition coefficient (Wildman–Crippen LogP) is 0.733. The topological polar surface area (TPSA) is 239 Å². The molecule has 2 heterocycles. The van der Waals surface area contributed by atoms with Gasteiger partial charge >= 0.3 is 0 Å². The standard InChI is InChI=1S/C42H70O14/c1-37(20-53-35-33(51)31(49)29(47)23(17-43)54-35)13-14-38(2)22(15-37)21-7-8-26-39(3)11-10-28(56-36-34(52)32(50)30(48)24(18-44)55-36)40(4,19-45)25(39)9-12-41(26,5)42(21,6)16-27(38)46/h7,22-36,43-52H,8-20H2,1-6H3/t22-,23-,24-,25+,26+,27+,28+,29-,30-,31+,32+,33-,34-,35-,36+,37-,38+,39+,40+,41-,42-/m1/s1. The fourth-order valence-electron chi connectivity index (χ4n) is 13.7. The largest absolute Gasteiger partial charge is 0.396 e. The minimum Gasteiger partial charge on any atom is -0.396 e. The molecule has 56 heavy (non-hydrogen) atoms. The van der Waals surface area contributed by atoms with E-state index in [-0.39, 0.29) is 58.0 Å². The molecular formula is C42H70O14. The van der Waals surface area contributed by atoms with E-state index in [1.54, 1.807) is 0 Å². The van der Waals surface area contributed by atoms with E-state index in [4.69, 9.17) is 18.9 Å². The van der Waals surface area contributed by atoms with E-state index in [9.17, 15) is 51.1 Å². The van der Waals surface area contributed by atoms with Crippen LogP contribution in [0.1, 0.15) is 99.3 Å². The highest BCUT2D eigenvalue weighted by molar-refractivity contribution is 5.35. The van der Waals surface area contributed by atoms with Gasteiger partial charge in [-0.25, -0.2) is 0 Å². The van der Waals surface area contributed by atoms with Gasteiger partial charge in [-0.15, -0.1) is 0 Å². The predicted molar refractivity (Wildman–Crippen MR) is 200 cm³/mol. The van der Waals surface area contributed by atoms with Crippen molar-refractivity contribution in [1.82, 2.24) is 0 Å². The van der Waals surface area contributed by atoms with Crippen LogP contribution in [0.3, 0.4) is 0 Å². The molecule has 0 aromatic carbocycles. The summed E-state index contributed by atoms with van der Waals surface area (Å²) in [4.78, 5) is 0. The second-order valence-corrected chi connectivity index (χ2v) is 20.6. The summed E-state index contributed by atoms with van der Waals surface area (Å²) >= 11 is 0. The van der Waals surface area contributed by atoms with Gasteiger partial charge in [-0.1, -0.05) is 53.2 Å². The summed E-state index contributed by atoms with van der Waals surface area (Å²) in [7, 11) is 0. The average molecular weight is 799 g/mol. The number of hydrogen-bond donors (Lipinski definition) is 10. The molecule has 4 saturated carbocycles. The Morgan fingerprint density at radius 2 is 1.27 bits per heavy atom. The second kappa shape index (κ2) is 15.0. The lowest BCUT2D eigenvalue weighted by Gasteiger charge is -2.72. The fraction of sp³-hybridized carbons (Fsp3) is 0.952. The van der Waals surface area contributed by atoms with Crippen molar-refractivity contribution in [3.05, 3.63) is 11.6 Å². The van der Waals surface area contributed by atoms with Crippen molar-refractivity contribution in [3.8, 4) is 0 Å². The van der Waals surface area contributed by atoms with E-state index in [0.29, 0.717) is 12.8 Å². The number of aliphatic hydroxyl groups excluding tert-OH is 10. The van der Waals surface area contributed by atoms with E-state index < -0.39 is 92.2 Å². The van der Waals surface area contributed by atoms with Crippen LogP contribution in [0.15, 0.2) is 11.6 Å². The third kappa shape index (κ3) is 6.34. The van der Waals surface area contributed by atoms with Crippen LogP contribution in [0.2, 0.25) is 0 Å². The summed E-state index contributed by atoms with van der Waals surface area (Å²) in [6, 6.07) is 0. The molecule has 5 aliphatic carbocycles. The first-order valence-corrected chi connectivity index (χ1v) is 21.1. The quantitative estimate of drug-likeness (QED) is 0.120. The van der Waals surface area contributed by atoms with Gasteiger partial charge in [0.05, 0.1) is 38.6 Å². The Labute approximate surface area is 330 Å². The van der Waals surface area contributed by atoms with Gasteiger partial charge < -0.3 is 70.0 Å². The summed E-state index contributed by atoms with van der Waals surface area (Å²) < 4.78 is 24.0. The molecule has 2 saturated heterocycles. The molecule has 0 aromatic heterocycles. The van der Waals surface area contributed by atoms with Gasteiger partial charge in [0.2, 0.25) is 0 Å². The van der Waals surface area contributed by atoms with Crippen molar-refractivity contribution in [3.63, 3.8) is 0 Å². The molecule has 0 bridgehead atoms. The molecule has 0 radical (unpaired) electrons. The maximum Gasteiger partial charge on any atom is 0.186 e. The Kier molecular flexibility index (Phi) is 11.6. The lowest BCUT2D eigenvalue weighted by atomic mass is 9.33. The third-order valence-electron chi connectivity index (χ3n) is 17.7. The zero-order valence-corrected chi connectivity index (χ0v) is 34.0. The van der Waals surface area contributed by atoms with E-state index in [2.05, 4.69) is 40.7 Å². The highest BCUT2D eigenvalue weighted by Crippen LogP contribution is 2.76. The average Bonchev–Trinajstić information content (AvgIpc) is 3.16. The number of ether oxygens (including phenoxy) is 4. The van der Waals surface area contributed by atoms with Gasteiger partial charge in [0, 0.05) is 10.8 Å². The zero-order valence-electron chi connectivity index (χ0n) is 34.0. The molecule has 6 fully saturated rings. The summed E-state index contributed by atoms with van der Waals surface area (Å²) in [5.41, 5.74) is -0.685. The van der Waals surface area contributed by atoms with E-state index in [1.165, 1.54) is 5.57 Å². The lowest BCUT2D eigenvalue weighted by molar-refractivity contribution is -0.333. The Morgan fingerprint density at radius 3 is 1.88 bits per heavy atom. The molecule has 2 aliphatic heterocycles. The normalized spacial score (nSPS) is 57.3. The van der Waals surface area contributed by atoms with Gasteiger partial charge in [-0.2, -0.15) is 0 Å². The van der Waals surface area contributed by atoms with Crippen LogP contribution in [0, 0.1) is 50.2 Å². The smallest absolute Gasteiger partial charge is 0.186 e. The van der Waals surface area contributed by atoms with Crippen molar-refractivity contribution >= 4 is 0 Å². The molecule has 0 aromatic rings. The second-order valence-electron chi connectivity index (χ2n) is 20.6. The minimum absolute atomic E-state index is 0.0524. The van der Waals surface area contributed by atoms with E-state index in [0.717, 1.165) is 44.9 Å². The third-order valence-corrected chi connectivity index (χ3v) is 17.7. The van der Waals surface area contributed by atoms with Crippen LogP contribution in [0.5, 0.6) is 0 Å². The Balaban J connectivity index is 1.13. The highest BCUT2D eigenvalue weighted by Gasteiger charge is 2.70. The SMILES string of the molecule is C[C@@]1(CO[C@@H]2O[C@H](CO)[C@@H](O)[C@H](O)[C@H]2O)CC[C@@]2(C)[C@H](C1)C1=CC[C@H]3[C@@]4(C)CC[C@H](O[C@@H]5O[C@H](CO)[C@@H](O)[C@H](O)[C@H]5O)[C@@](C)(CO)[C@H]4CC[C@@]3(C)[C@]1(C)C[C@@H]2O. The molecule has 7 aliphatic rings. The fourth-order valence-corrected chi connectivity index (χ4v) is 13.7. The van der Waals surface area contributed by atoms with Crippen molar-refractivity contribution in [2.75, 3.05) is 26.4 Å². The highest BCUT2D eigenvalue weighted by atomic mass is 16.7. The molecule has 0 spiro atoms. The Bertz CT molecular complexity index is 1460. The number of hydrogen-bond acceptors (Lipinski definition) is 14. The Hall–Kier alpha value is -0.820. The van der Waals surface area contributed by atoms with Crippen LogP contribution in [-0.2, 0) is 18.9 Å². The maximum atomic E-state index is 12.2. The van der Waals surface area contributed by atoms with E-state index in [1.807, 2.05) is 6.92 Å². The first-order chi connectivity index (χ1) is 26.2. The van der Waals surface area contributed by atoms with Gasteiger partial charge in [-0.05, 0) is 97.2 Å². The van der Waals surface area contributed by atoms with E-state index >= 15 is 0 Å². The molecule has 21 atom stereocenters. The summed E-state index contributed by atoms with van der Waals surface area (Å²) in [6.45, 7) is 12.6. The van der Waals surface area contributed by atoms with Gasteiger partial charge in [-0.3, -0.25) is 0 Å². The molecule has 14 nitrogen and oxygen atoms in total. The lowest BCUT2D eigenvalue weighted by Crippen LogP contribution is -2.67. The molecular weight excluding hydrogens is 728 g/mol. The van der Waals surface area contributed by atoms with Crippen molar-refractivity contribution in [2.45, 2.75) is 173 Å². The Morgan fingerprint density at radius 1 is 0.661 bits per heavy atom. The van der Waals surface area contributed by atoms with Crippen LogP contribution in [0.25, 0.3) is 0 Å². The van der Waals surface area contributed by atoms with Crippen LogP contribution in [0.4, 0.5) is 0 Å². The van der Waals surface area contributed by atoms with Gasteiger partial charge in [0.15, 0.2) is 12.6 Å². The molecule has 0 unspecified atom stereocenters. The monoisotopic (exact) mass is 798 g/mol. The number of aliphatic hydroxyl groups is 10. The van der Waals surface area contributed by atoms with Gasteiger partial charge in [0.1, 0.15) is 48.8 Å². The first-order valence-electron chi connectivity index (χ1n) is 21.1.